The maximum atomic E-state index is 11.9. The Kier molecular flexibility index (Phi) is 24.7. The predicted octanol–water partition coefficient (Wildman–Crippen LogP) is 7.51. The zero-order valence-electron chi connectivity index (χ0n) is 21.9. The van der Waals surface area contributed by atoms with Gasteiger partial charge in [-0.25, -0.2) is 4.79 Å². The summed E-state index contributed by atoms with van der Waals surface area (Å²) in [6, 6.07) is -0.800. The highest BCUT2D eigenvalue weighted by Crippen LogP contribution is 2.15. The van der Waals surface area contributed by atoms with Gasteiger partial charge in [0.05, 0.1) is 0 Å². The third-order valence-electron chi connectivity index (χ3n) is 6.59. The lowest BCUT2D eigenvalue weighted by molar-refractivity contribution is -0.142. The van der Waals surface area contributed by atoms with Crippen molar-refractivity contribution in [3.8, 4) is 0 Å². The number of unbranched alkanes of at least 4 members (excludes halogenated alkanes) is 19. The van der Waals surface area contributed by atoms with Gasteiger partial charge in [-0.2, -0.15) is 0 Å². The van der Waals surface area contributed by atoms with Gasteiger partial charge in [-0.1, -0.05) is 129 Å². The predicted molar refractivity (Wildman–Crippen MR) is 140 cm³/mol. The van der Waals surface area contributed by atoms with E-state index in [-0.39, 0.29) is 5.91 Å². The normalized spacial score (nSPS) is 12.1. The molecule has 0 aliphatic heterocycles. The van der Waals surface area contributed by atoms with E-state index in [9.17, 15) is 9.59 Å². The number of carbonyl (C=O) groups excluding carboxylic acids is 1. The van der Waals surface area contributed by atoms with E-state index in [1.165, 1.54) is 116 Å². The van der Waals surface area contributed by atoms with Crippen LogP contribution >= 0.6 is 0 Å². The average molecular weight is 469 g/mol. The molecule has 0 aromatic carbocycles. The number of nitrogens with one attached hydrogen (secondary N) is 1. The van der Waals surface area contributed by atoms with Gasteiger partial charge in [0, 0.05) is 6.42 Å². The molecule has 0 bridgehead atoms. The highest BCUT2D eigenvalue weighted by atomic mass is 16.4. The zero-order valence-corrected chi connectivity index (χ0v) is 21.9. The van der Waals surface area contributed by atoms with Crippen LogP contribution in [0.15, 0.2) is 0 Å². The molecule has 0 aliphatic carbocycles. The molecule has 4 N–H and O–H groups in total. The van der Waals surface area contributed by atoms with Crippen molar-refractivity contribution >= 4 is 11.9 Å². The van der Waals surface area contributed by atoms with E-state index in [1.54, 1.807) is 0 Å². The van der Waals surface area contributed by atoms with Crippen molar-refractivity contribution in [1.82, 2.24) is 5.32 Å². The summed E-state index contributed by atoms with van der Waals surface area (Å²) < 4.78 is 0. The van der Waals surface area contributed by atoms with E-state index in [2.05, 4.69) is 12.2 Å². The van der Waals surface area contributed by atoms with E-state index in [0.29, 0.717) is 25.8 Å². The van der Waals surface area contributed by atoms with Crippen LogP contribution in [-0.4, -0.2) is 29.6 Å². The van der Waals surface area contributed by atoms with Crippen LogP contribution in [0.5, 0.6) is 0 Å². The smallest absolute Gasteiger partial charge is 0.326 e. The fraction of sp³-hybridized carbons (Fsp3) is 0.929. The Bertz CT molecular complexity index is 443. The van der Waals surface area contributed by atoms with Gasteiger partial charge < -0.3 is 16.2 Å². The van der Waals surface area contributed by atoms with Crippen molar-refractivity contribution in [2.24, 2.45) is 5.73 Å². The number of carbonyl (C=O) groups is 2. The molecule has 5 nitrogen and oxygen atoms in total. The number of hydrogen-bond acceptors (Lipinski definition) is 3. The molecular weight excluding hydrogens is 412 g/mol. The molecule has 0 aromatic rings. The Balaban J connectivity index is 3.29. The first kappa shape index (κ1) is 31.9. The molecule has 0 saturated heterocycles. The first-order chi connectivity index (χ1) is 16.1. The number of nitrogens with two attached hydrogens (primary N) is 1. The Labute approximate surface area is 205 Å². The van der Waals surface area contributed by atoms with E-state index in [4.69, 9.17) is 10.8 Å². The minimum absolute atomic E-state index is 0.151. The van der Waals surface area contributed by atoms with Gasteiger partial charge in [0.2, 0.25) is 5.91 Å². The fourth-order valence-electron chi connectivity index (χ4n) is 4.39. The van der Waals surface area contributed by atoms with Gasteiger partial charge in [-0.15, -0.1) is 0 Å². The topological polar surface area (TPSA) is 92.4 Å². The summed E-state index contributed by atoms with van der Waals surface area (Å²) in [5.74, 6) is -1.12. The first-order valence-electron chi connectivity index (χ1n) is 14.3. The fourth-order valence-corrected chi connectivity index (χ4v) is 4.39. The lowest BCUT2D eigenvalue weighted by Gasteiger charge is -2.13. The van der Waals surface area contributed by atoms with E-state index >= 15 is 0 Å². The standard InChI is InChI=1S/C28H56N2O3/c1-2-3-4-5-6-7-8-9-10-11-12-13-14-15-16-17-18-19-20-21-24-27(31)30-26(28(32)33)23-22-25-29/h26H,2-25,29H2,1H3,(H,30,31)(H,32,33)/t26-/m0/s1. The van der Waals surface area contributed by atoms with Crippen LogP contribution in [0.3, 0.4) is 0 Å². The summed E-state index contributed by atoms with van der Waals surface area (Å²) in [6.45, 7) is 2.72. The largest absolute Gasteiger partial charge is 0.480 e. The van der Waals surface area contributed by atoms with Crippen molar-refractivity contribution in [3.63, 3.8) is 0 Å². The number of amides is 1. The lowest BCUT2D eigenvalue weighted by Crippen LogP contribution is -2.40. The molecule has 1 atom stereocenters. The van der Waals surface area contributed by atoms with Gasteiger partial charge in [0.15, 0.2) is 0 Å². The van der Waals surface area contributed by atoms with E-state index in [1.807, 2.05) is 0 Å². The molecule has 0 spiro atoms. The van der Waals surface area contributed by atoms with Gasteiger partial charge >= 0.3 is 5.97 Å². The molecule has 0 unspecified atom stereocenters. The number of aliphatic carboxylic acids is 1. The monoisotopic (exact) mass is 468 g/mol. The maximum absolute atomic E-state index is 11.9. The molecule has 1 amide bonds. The van der Waals surface area contributed by atoms with Crippen molar-refractivity contribution in [2.75, 3.05) is 6.54 Å². The van der Waals surface area contributed by atoms with Gasteiger partial charge in [0.25, 0.3) is 0 Å². The molecule has 196 valence electrons. The average Bonchev–Trinajstić information content (AvgIpc) is 2.80. The van der Waals surface area contributed by atoms with Crippen LogP contribution in [0.1, 0.15) is 155 Å². The molecule has 0 aromatic heterocycles. The number of carboxylic acids is 1. The number of rotatable bonds is 26. The third-order valence-corrected chi connectivity index (χ3v) is 6.59. The molecule has 0 radical (unpaired) electrons. The Morgan fingerprint density at radius 3 is 1.33 bits per heavy atom. The Hall–Kier alpha value is -1.10. The highest BCUT2D eigenvalue weighted by Gasteiger charge is 2.18. The quantitative estimate of drug-likeness (QED) is 0.115. The Morgan fingerprint density at radius 1 is 0.636 bits per heavy atom. The minimum atomic E-state index is -0.972. The SMILES string of the molecule is CCCCCCCCCCCCCCCCCCCCCCC(=O)N[C@@H](CCCN)C(=O)O. The van der Waals surface area contributed by atoms with E-state index < -0.39 is 12.0 Å². The Morgan fingerprint density at radius 2 is 1.00 bits per heavy atom. The summed E-state index contributed by atoms with van der Waals surface area (Å²) in [4.78, 5) is 23.1. The third kappa shape index (κ3) is 23.8. The molecule has 0 fully saturated rings. The van der Waals surface area contributed by atoms with Crippen molar-refractivity contribution in [2.45, 2.75) is 161 Å². The second-order valence-corrected chi connectivity index (χ2v) is 9.86. The van der Waals surface area contributed by atoms with Gasteiger partial charge in [0.1, 0.15) is 6.04 Å². The summed E-state index contributed by atoms with van der Waals surface area (Å²) in [6.07, 6.45) is 28.1. The molecule has 0 aliphatic rings. The molecule has 5 heteroatoms. The van der Waals surface area contributed by atoms with Crippen LogP contribution < -0.4 is 11.1 Å². The van der Waals surface area contributed by atoms with E-state index in [0.717, 1.165) is 12.8 Å². The molecular formula is C28H56N2O3. The summed E-state index contributed by atoms with van der Waals surface area (Å²) in [5, 5.41) is 11.8. The summed E-state index contributed by atoms with van der Waals surface area (Å²) in [5.41, 5.74) is 5.42. The molecule has 33 heavy (non-hydrogen) atoms. The van der Waals surface area contributed by atoms with Crippen LogP contribution in [0.4, 0.5) is 0 Å². The first-order valence-corrected chi connectivity index (χ1v) is 14.3. The van der Waals surface area contributed by atoms with Crippen molar-refractivity contribution in [1.29, 1.82) is 0 Å². The molecule has 0 saturated carbocycles. The number of carboxylic acid groups (broad SMARTS) is 1. The van der Waals surface area contributed by atoms with Crippen LogP contribution in [0.25, 0.3) is 0 Å². The molecule has 0 heterocycles. The van der Waals surface area contributed by atoms with Crippen LogP contribution in [-0.2, 0) is 9.59 Å². The van der Waals surface area contributed by atoms with Crippen LogP contribution in [0, 0.1) is 0 Å². The zero-order chi connectivity index (χ0) is 24.4. The highest BCUT2D eigenvalue weighted by molar-refractivity contribution is 5.83. The lowest BCUT2D eigenvalue weighted by atomic mass is 10.0. The second kappa shape index (κ2) is 25.5. The maximum Gasteiger partial charge on any atom is 0.326 e. The van der Waals surface area contributed by atoms with Crippen molar-refractivity contribution < 1.29 is 14.7 Å². The summed E-state index contributed by atoms with van der Waals surface area (Å²) in [7, 11) is 0. The van der Waals surface area contributed by atoms with Crippen molar-refractivity contribution in [3.05, 3.63) is 0 Å². The minimum Gasteiger partial charge on any atom is -0.480 e. The van der Waals surface area contributed by atoms with Crippen LogP contribution in [0.2, 0.25) is 0 Å². The number of hydrogen-bond donors (Lipinski definition) is 3. The molecule has 0 rings (SSSR count). The summed E-state index contributed by atoms with van der Waals surface area (Å²) >= 11 is 0. The van der Waals surface area contributed by atoms with Gasteiger partial charge in [-0.05, 0) is 25.8 Å². The van der Waals surface area contributed by atoms with Gasteiger partial charge in [-0.3, -0.25) is 4.79 Å². The second-order valence-electron chi connectivity index (χ2n) is 9.86.